The molecule has 0 unspecified atom stereocenters. The molecule has 0 radical (unpaired) electrons. The van der Waals surface area contributed by atoms with Crippen LogP contribution >= 0.6 is 22.6 Å². The number of esters is 1. The Balaban J connectivity index is 3.23. The first-order valence-corrected chi connectivity index (χ1v) is 4.50. The molecule has 0 aromatic heterocycles. The first kappa shape index (κ1) is 10.1. The van der Waals surface area contributed by atoms with Crippen LogP contribution in [-0.2, 0) is 4.74 Å². The van der Waals surface area contributed by atoms with Gasteiger partial charge in [-0.3, -0.25) is 0 Å². The fraction of sp³-hybridized carbons (Fsp3) is 0.125. The predicted molar refractivity (Wildman–Crippen MR) is 56.6 cm³/mol. The summed E-state index contributed by atoms with van der Waals surface area (Å²) in [6, 6.07) is 2.81. The van der Waals surface area contributed by atoms with Gasteiger partial charge in [0.2, 0.25) is 0 Å². The van der Waals surface area contributed by atoms with Gasteiger partial charge in [-0.2, -0.15) is 0 Å². The zero-order valence-corrected chi connectivity index (χ0v) is 9.03. The molecular formula is C8H8INO3. The first-order valence-electron chi connectivity index (χ1n) is 3.42. The lowest BCUT2D eigenvalue weighted by Crippen LogP contribution is -2.05. The van der Waals surface area contributed by atoms with Crippen molar-refractivity contribution >= 4 is 34.2 Å². The fourth-order valence-corrected chi connectivity index (χ4v) is 1.36. The highest BCUT2D eigenvalue weighted by atomic mass is 127. The average molecular weight is 293 g/mol. The van der Waals surface area contributed by atoms with E-state index in [1.165, 1.54) is 19.2 Å². The monoisotopic (exact) mass is 293 g/mol. The van der Waals surface area contributed by atoms with Crippen molar-refractivity contribution in [3.63, 3.8) is 0 Å². The topological polar surface area (TPSA) is 72.5 Å². The Morgan fingerprint density at radius 1 is 1.62 bits per heavy atom. The minimum atomic E-state index is -0.552. The Kier molecular flexibility index (Phi) is 2.97. The number of ether oxygens (including phenoxy) is 1. The van der Waals surface area contributed by atoms with Crippen LogP contribution in [0.25, 0.3) is 0 Å². The van der Waals surface area contributed by atoms with Gasteiger partial charge in [-0.25, -0.2) is 4.79 Å². The normalized spacial score (nSPS) is 9.69. The molecule has 0 saturated carbocycles. The third kappa shape index (κ3) is 2.03. The van der Waals surface area contributed by atoms with Crippen LogP contribution in [0, 0.1) is 3.57 Å². The number of halogens is 1. The summed E-state index contributed by atoms with van der Waals surface area (Å²) >= 11 is 1.92. The van der Waals surface area contributed by atoms with Gasteiger partial charge in [0.25, 0.3) is 0 Å². The maximum absolute atomic E-state index is 11.1. The van der Waals surface area contributed by atoms with Crippen molar-refractivity contribution < 1.29 is 14.6 Å². The number of nitrogen functional groups attached to an aromatic ring is 1. The first-order chi connectivity index (χ1) is 6.06. The summed E-state index contributed by atoms with van der Waals surface area (Å²) in [6.45, 7) is 0. The quantitative estimate of drug-likeness (QED) is 0.355. The molecule has 5 heteroatoms. The van der Waals surface area contributed by atoms with Crippen LogP contribution in [0.3, 0.4) is 0 Å². The molecule has 1 rings (SSSR count). The number of anilines is 1. The van der Waals surface area contributed by atoms with E-state index in [0.717, 1.165) is 0 Å². The second-order valence-electron chi connectivity index (χ2n) is 2.38. The molecule has 13 heavy (non-hydrogen) atoms. The summed E-state index contributed by atoms with van der Waals surface area (Å²) in [6.07, 6.45) is 0. The lowest BCUT2D eigenvalue weighted by atomic mass is 10.2. The number of phenolic OH excluding ortho intramolecular Hbond substituents is 1. The Morgan fingerprint density at radius 2 is 2.23 bits per heavy atom. The van der Waals surface area contributed by atoms with Crippen LogP contribution in [0.2, 0.25) is 0 Å². The van der Waals surface area contributed by atoms with E-state index in [9.17, 15) is 9.90 Å². The molecule has 0 fully saturated rings. The molecule has 3 N–H and O–H groups in total. The van der Waals surface area contributed by atoms with Gasteiger partial charge in [-0.05, 0) is 34.7 Å². The maximum atomic E-state index is 11.1. The van der Waals surface area contributed by atoms with E-state index in [2.05, 4.69) is 4.74 Å². The number of rotatable bonds is 1. The Bertz CT molecular complexity index is 351. The molecule has 1 aromatic rings. The van der Waals surface area contributed by atoms with Crippen molar-refractivity contribution in [3.05, 3.63) is 21.3 Å². The van der Waals surface area contributed by atoms with Gasteiger partial charge < -0.3 is 15.6 Å². The van der Waals surface area contributed by atoms with E-state index < -0.39 is 5.97 Å². The number of hydrogen-bond donors (Lipinski definition) is 2. The number of nitrogens with two attached hydrogens (primary N) is 1. The number of aromatic hydroxyl groups is 1. The SMILES string of the molecule is COC(=O)c1cc(O)c(I)cc1N. The second kappa shape index (κ2) is 3.82. The lowest BCUT2D eigenvalue weighted by molar-refractivity contribution is 0.0601. The van der Waals surface area contributed by atoms with Crippen LogP contribution < -0.4 is 5.73 Å². The second-order valence-corrected chi connectivity index (χ2v) is 3.54. The third-order valence-corrected chi connectivity index (χ3v) is 2.39. The standard InChI is InChI=1S/C8H8INO3/c1-13-8(12)4-2-7(11)5(9)3-6(4)10/h2-3,11H,10H2,1H3. The number of hydrogen-bond acceptors (Lipinski definition) is 4. The van der Waals surface area contributed by atoms with E-state index in [1.54, 1.807) is 0 Å². The lowest BCUT2D eigenvalue weighted by Gasteiger charge is -2.05. The molecule has 0 aliphatic rings. The summed E-state index contributed by atoms with van der Waals surface area (Å²) in [7, 11) is 1.26. The molecule has 0 atom stereocenters. The fourth-order valence-electron chi connectivity index (χ4n) is 0.864. The van der Waals surface area contributed by atoms with Crippen molar-refractivity contribution in [1.29, 1.82) is 0 Å². The third-order valence-electron chi connectivity index (χ3n) is 1.52. The Labute approximate surface area is 88.8 Å². The van der Waals surface area contributed by atoms with Crippen LogP contribution in [-0.4, -0.2) is 18.2 Å². The highest BCUT2D eigenvalue weighted by molar-refractivity contribution is 14.1. The van der Waals surface area contributed by atoms with Gasteiger partial charge >= 0.3 is 5.97 Å². The van der Waals surface area contributed by atoms with Crippen molar-refractivity contribution in [3.8, 4) is 5.75 Å². The zero-order valence-electron chi connectivity index (χ0n) is 6.87. The summed E-state index contributed by atoms with van der Waals surface area (Å²) in [5.74, 6) is -0.528. The van der Waals surface area contributed by atoms with Gasteiger partial charge in [0, 0.05) is 5.69 Å². The summed E-state index contributed by atoms with van der Waals surface area (Å²) in [5.41, 5.74) is 6.03. The summed E-state index contributed by atoms with van der Waals surface area (Å²) in [4.78, 5) is 11.1. The Morgan fingerprint density at radius 3 is 2.77 bits per heavy atom. The molecule has 70 valence electrons. The number of carbonyl (C=O) groups excluding carboxylic acids is 1. The van der Waals surface area contributed by atoms with E-state index in [1.807, 2.05) is 22.6 Å². The molecule has 1 aromatic carbocycles. The number of benzene rings is 1. The Hall–Kier alpha value is -0.980. The smallest absolute Gasteiger partial charge is 0.340 e. The number of methoxy groups -OCH3 is 1. The average Bonchev–Trinajstić information content (AvgIpc) is 2.10. The maximum Gasteiger partial charge on any atom is 0.340 e. The van der Waals surface area contributed by atoms with E-state index >= 15 is 0 Å². The van der Waals surface area contributed by atoms with Crippen molar-refractivity contribution in [2.24, 2.45) is 0 Å². The summed E-state index contributed by atoms with van der Waals surface area (Å²) < 4.78 is 5.08. The van der Waals surface area contributed by atoms with E-state index in [-0.39, 0.29) is 11.3 Å². The molecule has 4 nitrogen and oxygen atoms in total. The molecule has 0 aliphatic carbocycles. The minimum Gasteiger partial charge on any atom is -0.507 e. The summed E-state index contributed by atoms with van der Waals surface area (Å²) in [5, 5.41) is 9.30. The van der Waals surface area contributed by atoms with Gasteiger partial charge in [0.05, 0.1) is 16.2 Å². The van der Waals surface area contributed by atoms with Gasteiger partial charge in [0.1, 0.15) is 5.75 Å². The molecule has 0 saturated heterocycles. The van der Waals surface area contributed by atoms with Gasteiger partial charge in [-0.1, -0.05) is 0 Å². The zero-order chi connectivity index (χ0) is 10.0. The highest BCUT2D eigenvalue weighted by Crippen LogP contribution is 2.25. The number of carbonyl (C=O) groups is 1. The van der Waals surface area contributed by atoms with Crippen molar-refractivity contribution in [2.45, 2.75) is 0 Å². The predicted octanol–water partition coefficient (Wildman–Crippen LogP) is 1.37. The van der Waals surface area contributed by atoms with Crippen molar-refractivity contribution in [2.75, 3.05) is 12.8 Å². The molecule has 0 amide bonds. The van der Waals surface area contributed by atoms with Crippen LogP contribution in [0.4, 0.5) is 5.69 Å². The van der Waals surface area contributed by atoms with Crippen LogP contribution in [0.1, 0.15) is 10.4 Å². The molecule has 0 aliphatic heterocycles. The molecular weight excluding hydrogens is 285 g/mol. The van der Waals surface area contributed by atoms with Crippen molar-refractivity contribution in [1.82, 2.24) is 0 Å². The van der Waals surface area contributed by atoms with Crippen LogP contribution in [0.15, 0.2) is 12.1 Å². The highest BCUT2D eigenvalue weighted by Gasteiger charge is 2.12. The van der Waals surface area contributed by atoms with Crippen LogP contribution in [0.5, 0.6) is 5.75 Å². The van der Waals surface area contributed by atoms with Gasteiger partial charge in [-0.15, -0.1) is 0 Å². The number of phenols is 1. The van der Waals surface area contributed by atoms with Gasteiger partial charge in [0.15, 0.2) is 0 Å². The molecule has 0 spiro atoms. The largest absolute Gasteiger partial charge is 0.507 e. The molecule has 0 bridgehead atoms. The minimum absolute atomic E-state index is 0.0233. The molecule has 0 heterocycles. The van der Waals surface area contributed by atoms with E-state index in [0.29, 0.717) is 9.26 Å². The van der Waals surface area contributed by atoms with E-state index in [4.69, 9.17) is 5.73 Å².